The molecule has 0 fully saturated rings. The summed E-state index contributed by atoms with van der Waals surface area (Å²) in [7, 11) is -3.76. The number of carboxylic acids is 1. The Hall–Kier alpha value is -1.13. The van der Waals surface area contributed by atoms with E-state index in [4.69, 9.17) is 5.11 Å². The molecule has 0 atom stereocenters. The van der Waals surface area contributed by atoms with E-state index < -0.39 is 16.0 Å². The lowest BCUT2D eigenvalue weighted by Gasteiger charge is -2.09. The van der Waals surface area contributed by atoms with Gasteiger partial charge in [0.05, 0.1) is 11.3 Å². The maximum atomic E-state index is 12.2. The first-order valence-electron chi connectivity index (χ1n) is 5.40. The summed E-state index contributed by atoms with van der Waals surface area (Å²) in [5.41, 5.74) is 1.25. The smallest absolute Gasteiger partial charge is 0.336 e. The van der Waals surface area contributed by atoms with E-state index in [1.165, 1.54) is 5.38 Å². The van der Waals surface area contributed by atoms with Gasteiger partial charge in [0.15, 0.2) is 0 Å². The van der Waals surface area contributed by atoms with Gasteiger partial charge in [0.25, 0.3) is 10.0 Å². The van der Waals surface area contributed by atoms with Crippen LogP contribution in [-0.2, 0) is 10.0 Å². The number of aromatic carboxylic acids is 1. The minimum atomic E-state index is -3.76. The lowest BCUT2D eigenvalue weighted by molar-refractivity contribution is 0.0697. The summed E-state index contributed by atoms with van der Waals surface area (Å²) in [6.07, 6.45) is 0. The van der Waals surface area contributed by atoms with Crippen LogP contribution in [0.3, 0.4) is 0 Å². The number of aryl methyl sites for hydroxylation is 1. The van der Waals surface area contributed by atoms with E-state index in [0.29, 0.717) is 5.69 Å². The molecule has 1 heterocycles. The normalized spacial score (nSPS) is 11.3. The predicted molar refractivity (Wildman–Crippen MR) is 86.0 cm³/mol. The molecule has 2 aromatic rings. The molecule has 0 amide bonds. The number of hydrogen-bond acceptors (Lipinski definition) is 4. The van der Waals surface area contributed by atoms with Crippen LogP contribution >= 0.6 is 33.9 Å². The second-order valence-corrected chi connectivity index (χ2v) is 8.09. The molecule has 0 aliphatic heterocycles. The number of halogens is 1. The minimum absolute atomic E-state index is 0.0205. The Bertz CT molecular complexity index is 768. The van der Waals surface area contributed by atoms with E-state index in [-0.39, 0.29) is 9.77 Å². The third kappa shape index (κ3) is 3.30. The molecular formula is C12H10INO4S2. The number of carbonyl (C=O) groups is 1. The van der Waals surface area contributed by atoms with Gasteiger partial charge in [-0.2, -0.15) is 0 Å². The molecule has 106 valence electrons. The van der Waals surface area contributed by atoms with Gasteiger partial charge in [-0.1, -0.05) is 0 Å². The molecule has 0 unspecified atom stereocenters. The van der Waals surface area contributed by atoms with Gasteiger partial charge in [-0.15, -0.1) is 11.3 Å². The first kappa shape index (κ1) is 15.3. The van der Waals surface area contributed by atoms with Crippen LogP contribution in [0.2, 0.25) is 0 Å². The Kier molecular flexibility index (Phi) is 4.35. The Balaban J connectivity index is 2.33. The van der Waals surface area contributed by atoms with Gasteiger partial charge < -0.3 is 5.11 Å². The van der Waals surface area contributed by atoms with Crippen molar-refractivity contribution in [2.75, 3.05) is 4.72 Å². The molecule has 0 aliphatic carbocycles. The topological polar surface area (TPSA) is 83.5 Å². The van der Waals surface area contributed by atoms with Gasteiger partial charge in [0, 0.05) is 8.95 Å². The van der Waals surface area contributed by atoms with Crippen molar-refractivity contribution in [2.45, 2.75) is 11.1 Å². The van der Waals surface area contributed by atoms with Crippen LogP contribution in [-0.4, -0.2) is 19.5 Å². The van der Waals surface area contributed by atoms with Crippen LogP contribution in [0, 0.1) is 10.5 Å². The van der Waals surface area contributed by atoms with E-state index in [1.54, 1.807) is 19.1 Å². The van der Waals surface area contributed by atoms with Crippen LogP contribution < -0.4 is 4.72 Å². The molecule has 20 heavy (non-hydrogen) atoms. The van der Waals surface area contributed by atoms with E-state index in [0.717, 1.165) is 26.5 Å². The van der Waals surface area contributed by atoms with Gasteiger partial charge in [0.2, 0.25) is 0 Å². The second kappa shape index (κ2) is 5.70. The zero-order valence-corrected chi connectivity index (χ0v) is 14.0. The molecule has 1 aromatic heterocycles. The number of anilines is 1. The largest absolute Gasteiger partial charge is 0.478 e. The molecule has 0 saturated carbocycles. The number of carboxylic acid groups (broad SMARTS) is 1. The fourth-order valence-electron chi connectivity index (χ4n) is 1.51. The van der Waals surface area contributed by atoms with Crippen molar-refractivity contribution >= 4 is 55.6 Å². The average molecular weight is 423 g/mol. The summed E-state index contributed by atoms with van der Waals surface area (Å²) in [4.78, 5) is 10.8. The summed E-state index contributed by atoms with van der Waals surface area (Å²) >= 11 is 3.02. The summed E-state index contributed by atoms with van der Waals surface area (Å²) in [6, 6.07) is 6.48. The van der Waals surface area contributed by atoms with Crippen LogP contribution in [0.15, 0.2) is 33.9 Å². The maximum Gasteiger partial charge on any atom is 0.336 e. The quantitative estimate of drug-likeness (QED) is 0.741. The molecule has 5 nitrogen and oxygen atoms in total. The first-order chi connectivity index (χ1) is 9.29. The summed E-state index contributed by atoms with van der Waals surface area (Å²) in [5.74, 6) is -1.15. The molecule has 2 N–H and O–H groups in total. The van der Waals surface area contributed by atoms with Gasteiger partial charge in [-0.3, -0.25) is 4.72 Å². The molecule has 0 aliphatic rings. The number of rotatable bonds is 4. The Morgan fingerprint density at radius 1 is 1.35 bits per heavy atom. The van der Waals surface area contributed by atoms with Crippen LogP contribution in [0.1, 0.15) is 15.9 Å². The highest BCUT2D eigenvalue weighted by Crippen LogP contribution is 2.25. The van der Waals surface area contributed by atoms with Crippen LogP contribution in [0.4, 0.5) is 5.69 Å². The highest BCUT2D eigenvalue weighted by Gasteiger charge is 2.19. The Labute approximate surface area is 133 Å². The predicted octanol–water partition coefficient (Wildman–Crippen LogP) is 3.16. The molecule has 0 radical (unpaired) electrons. The third-order valence-electron chi connectivity index (χ3n) is 2.52. The Morgan fingerprint density at radius 2 is 2.05 bits per heavy atom. The van der Waals surface area contributed by atoms with Crippen LogP contribution in [0.5, 0.6) is 0 Å². The SMILES string of the molecule is Cc1cc(I)ccc1NS(=O)(=O)c1cc(C(=O)O)cs1. The molecular weight excluding hydrogens is 413 g/mol. The molecule has 0 saturated heterocycles. The summed E-state index contributed by atoms with van der Waals surface area (Å²) < 4.78 is 27.8. The number of nitrogens with one attached hydrogen (secondary N) is 1. The van der Waals surface area contributed by atoms with E-state index in [9.17, 15) is 13.2 Å². The van der Waals surface area contributed by atoms with Crippen molar-refractivity contribution in [3.63, 3.8) is 0 Å². The first-order valence-corrected chi connectivity index (χ1v) is 8.84. The molecule has 1 aromatic carbocycles. The molecule has 2 rings (SSSR count). The average Bonchev–Trinajstić information content (AvgIpc) is 2.83. The van der Waals surface area contributed by atoms with Crippen molar-refractivity contribution < 1.29 is 18.3 Å². The van der Waals surface area contributed by atoms with Crippen molar-refractivity contribution in [1.82, 2.24) is 0 Å². The van der Waals surface area contributed by atoms with Gasteiger partial charge in [-0.25, -0.2) is 13.2 Å². The fraction of sp³-hybridized carbons (Fsp3) is 0.0833. The van der Waals surface area contributed by atoms with Crippen LogP contribution in [0.25, 0.3) is 0 Å². The molecule has 0 spiro atoms. The van der Waals surface area contributed by atoms with Crippen molar-refractivity contribution in [3.05, 3.63) is 44.3 Å². The van der Waals surface area contributed by atoms with Gasteiger partial charge in [0.1, 0.15) is 4.21 Å². The highest BCUT2D eigenvalue weighted by molar-refractivity contribution is 14.1. The zero-order valence-electron chi connectivity index (χ0n) is 10.3. The number of thiophene rings is 1. The van der Waals surface area contributed by atoms with Gasteiger partial charge in [-0.05, 0) is 59.3 Å². The lowest BCUT2D eigenvalue weighted by atomic mass is 10.2. The molecule has 8 heteroatoms. The summed E-state index contributed by atoms with van der Waals surface area (Å²) in [6.45, 7) is 1.80. The standard InChI is InChI=1S/C12H10INO4S2/c1-7-4-9(13)2-3-10(7)14-20(17,18)11-5-8(6-19-11)12(15)16/h2-6,14H,1H3,(H,15,16). The maximum absolute atomic E-state index is 12.2. The van der Waals surface area contributed by atoms with Gasteiger partial charge >= 0.3 is 5.97 Å². The number of benzene rings is 1. The van der Waals surface area contributed by atoms with Crippen molar-refractivity contribution in [3.8, 4) is 0 Å². The zero-order chi connectivity index (χ0) is 14.9. The van der Waals surface area contributed by atoms with Crippen molar-refractivity contribution in [2.24, 2.45) is 0 Å². The fourth-order valence-corrected chi connectivity index (χ4v) is 4.44. The van der Waals surface area contributed by atoms with E-state index in [1.807, 2.05) is 6.07 Å². The van der Waals surface area contributed by atoms with E-state index in [2.05, 4.69) is 27.3 Å². The lowest BCUT2D eigenvalue weighted by Crippen LogP contribution is -2.12. The number of hydrogen-bond donors (Lipinski definition) is 2. The Morgan fingerprint density at radius 3 is 2.60 bits per heavy atom. The second-order valence-electron chi connectivity index (χ2n) is 4.02. The van der Waals surface area contributed by atoms with E-state index >= 15 is 0 Å². The monoisotopic (exact) mass is 423 g/mol. The molecule has 0 bridgehead atoms. The minimum Gasteiger partial charge on any atom is -0.478 e. The third-order valence-corrected chi connectivity index (χ3v) is 6.00. The highest BCUT2D eigenvalue weighted by atomic mass is 127. The summed E-state index contributed by atoms with van der Waals surface area (Å²) in [5, 5.41) is 10.1. The number of sulfonamides is 1. The van der Waals surface area contributed by atoms with Crippen molar-refractivity contribution in [1.29, 1.82) is 0 Å².